The molecule has 0 aromatic carbocycles. The van der Waals surface area contributed by atoms with E-state index in [4.69, 9.17) is 0 Å². The van der Waals surface area contributed by atoms with Gasteiger partial charge in [-0.25, -0.2) is 0 Å². The van der Waals surface area contributed by atoms with Gasteiger partial charge in [-0.3, -0.25) is 4.90 Å². The highest BCUT2D eigenvalue weighted by molar-refractivity contribution is 4.80. The van der Waals surface area contributed by atoms with Gasteiger partial charge in [-0.15, -0.1) is 0 Å². The SMILES string of the molecule is CC1CCCCN(C(C)C)C(C)C1C. The second-order valence-electron chi connectivity index (χ2n) is 5.40. The summed E-state index contributed by atoms with van der Waals surface area (Å²) in [6, 6.07) is 1.46. The normalized spacial score (nSPS) is 36.9. The summed E-state index contributed by atoms with van der Waals surface area (Å²) in [5.41, 5.74) is 0. The van der Waals surface area contributed by atoms with Crippen molar-refractivity contribution in [3.8, 4) is 0 Å². The molecule has 0 amide bonds. The minimum atomic E-state index is 0.706. The van der Waals surface area contributed by atoms with Gasteiger partial charge in [0, 0.05) is 12.1 Å². The molecule has 0 aromatic heterocycles. The topological polar surface area (TPSA) is 3.24 Å². The molecule has 3 unspecified atom stereocenters. The van der Waals surface area contributed by atoms with E-state index in [0.717, 1.165) is 17.9 Å². The highest BCUT2D eigenvalue weighted by Crippen LogP contribution is 2.28. The Labute approximate surface area is 89.9 Å². The molecule has 0 N–H and O–H groups in total. The summed E-state index contributed by atoms with van der Waals surface area (Å²) in [5.74, 6) is 1.74. The highest BCUT2D eigenvalue weighted by atomic mass is 15.2. The Kier molecular flexibility index (Phi) is 4.43. The minimum Gasteiger partial charge on any atom is -0.298 e. The Morgan fingerprint density at radius 2 is 1.71 bits per heavy atom. The van der Waals surface area contributed by atoms with Crippen LogP contribution >= 0.6 is 0 Å². The van der Waals surface area contributed by atoms with Crippen LogP contribution in [0.2, 0.25) is 0 Å². The third kappa shape index (κ3) is 2.73. The van der Waals surface area contributed by atoms with E-state index in [0.29, 0.717) is 6.04 Å². The van der Waals surface area contributed by atoms with Crippen LogP contribution in [0.3, 0.4) is 0 Å². The summed E-state index contributed by atoms with van der Waals surface area (Å²) in [4.78, 5) is 2.68. The zero-order chi connectivity index (χ0) is 10.7. The van der Waals surface area contributed by atoms with Crippen molar-refractivity contribution < 1.29 is 0 Å². The molecule has 84 valence electrons. The van der Waals surface area contributed by atoms with Crippen LogP contribution < -0.4 is 0 Å². The molecule has 0 saturated carbocycles. The van der Waals surface area contributed by atoms with Gasteiger partial charge >= 0.3 is 0 Å². The lowest BCUT2D eigenvalue weighted by molar-refractivity contribution is 0.0825. The molecular formula is C13H27N. The number of hydrogen-bond acceptors (Lipinski definition) is 1. The molecule has 0 radical (unpaired) electrons. The molecular weight excluding hydrogens is 170 g/mol. The molecule has 1 heteroatoms. The van der Waals surface area contributed by atoms with E-state index in [-0.39, 0.29) is 0 Å². The second-order valence-corrected chi connectivity index (χ2v) is 5.40. The van der Waals surface area contributed by atoms with Crippen LogP contribution in [0.25, 0.3) is 0 Å². The monoisotopic (exact) mass is 197 g/mol. The van der Waals surface area contributed by atoms with Crippen LogP contribution in [-0.2, 0) is 0 Å². The lowest BCUT2D eigenvalue weighted by atomic mass is 9.83. The van der Waals surface area contributed by atoms with Crippen molar-refractivity contribution in [3.63, 3.8) is 0 Å². The number of hydrogen-bond donors (Lipinski definition) is 0. The molecule has 1 nitrogen and oxygen atoms in total. The Morgan fingerprint density at radius 1 is 1.07 bits per heavy atom. The van der Waals surface area contributed by atoms with Crippen LogP contribution in [0, 0.1) is 11.8 Å². The van der Waals surface area contributed by atoms with E-state index in [2.05, 4.69) is 39.5 Å². The van der Waals surface area contributed by atoms with Gasteiger partial charge in [0.25, 0.3) is 0 Å². The molecule has 1 aliphatic heterocycles. The molecule has 1 rings (SSSR count). The molecule has 0 aliphatic carbocycles. The van der Waals surface area contributed by atoms with Crippen molar-refractivity contribution in [2.45, 2.75) is 66.0 Å². The Morgan fingerprint density at radius 3 is 2.29 bits per heavy atom. The van der Waals surface area contributed by atoms with Crippen molar-refractivity contribution in [2.24, 2.45) is 11.8 Å². The number of likely N-dealkylation sites (tertiary alicyclic amines) is 1. The maximum atomic E-state index is 2.68. The summed E-state index contributed by atoms with van der Waals surface area (Å²) in [6.07, 6.45) is 4.23. The largest absolute Gasteiger partial charge is 0.298 e. The first-order valence-electron chi connectivity index (χ1n) is 6.29. The quantitative estimate of drug-likeness (QED) is 0.621. The Bertz CT molecular complexity index is 165. The van der Waals surface area contributed by atoms with Gasteiger partial charge < -0.3 is 0 Å². The summed E-state index contributed by atoms with van der Waals surface area (Å²) in [6.45, 7) is 13.2. The van der Waals surface area contributed by atoms with Gasteiger partial charge in [0.05, 0.1) is 0 Å². The molecule has 1 heterocycles. The van der Waals surface area contributed by atoms with Crippen molar-refractivity contribution in [1.82, 2.24) is 4.90 Å². The van der Waals surface area contributed by atoms with Gasteiger partial charge in [0.2, 0.25) is 0 Å². The van der Waals surface area contributed by atoms with Gasteiger partial charge in [0.15, 0.2) is 0 Å². The minimum absolute atomic E-state index is 0.706. The lowest BCUT2D eigenvalue weighted by Gasteiger charge is -2.40. The summed E-state index contributed by atoms with van der Waals surface area (Å²) < 4.78 is 0. The molecule has 14 heavy (non-hydrogen) atoms. The first-order chi connectivity index (χ1) is 6.54. The smallest absolute Gasteiger partial charge is 0.00977 e. The third-order valence-corrected chi connectivity index (χ3v) is 4.17. The van der Waals surface area contributed by atoms with Crippen LogP contribution in [-0.4, -0.2) is 23.5 Å². The average Bonchev–Trinajstić information content (AvgIpc) is 2.13. The zero-order valence-corrected chi connectivity index (χ0v) is 10.6. The van der Waals surface area contributed by atoms with Crippen molar-refractivity contribution in [2.75, 3.05) is 6.54 Å². The molecule has 0 spiro atoms. The zero-order valence-electron chi connectivity index (χ0n) is 10.6. The summed E-state index contributed by atoms with van der Waals surface area (Å²) in [7, 11) is 0. The van der Waals surface area contributed by atoms with E-state index in [1.165, 1.54) is 25.8 Å². The summed E-state index contributed by atoms with van der Waals surface area (Å²) >= 11 is 0. The van der Waals surface area contributed by atoms with Crippen molar-refractivity contribution >= 4 is 0 Å². The van der Waals surface area contributed by atoms with Crippen LogP contribution in [0.1, 0.15) is 53.9 Å². The van der Waals surface area contributed by atoms with Crippen LogP contribution in [0.15, 0.2) is 0 Å². The van der Waals surface area contributed by atoms with Crippen LogP contribution in [0.5, 0.6) is 0 Å². The molecule has 1 aliphatic rings. The third-order valence-electron chi connectivity index (χ3n) is 4.17. The van der Waals surface area contributed by atoms with Crippen LogP contribution in [0.4, 0.5) is 0 Å². The first-order valence-corrected chi connectivity index (χ1v) is 6.29. The molecule has 0 aromatic rings. The predicted octanol–water partition coefficient (Wildman–Crippen LogP) is 3.54. The van der Waals surface area contributed by atoms with Gasteiger partial charge in [-0.1, -0.05) is 26.7 Å². The Balaban J connectivity index is 2.66. The molecule has 1 saturated heterocycles. The van der Waals surface area contributed by atoms with E-state index >= 15 is 0 Å². The van der Waals surface area contributed by atoms with Crippen molar-refractivity contribution in [1.29, 1.82) is 0 Å². The first kappa shape index (κ1) is 12.0. The fourth-order valence-corrected chi connectivity index (χ4v) is 2.73. The van der Waals surface area contributed by atoms with Gasteiger partial charge in [-0.05, 0) is 45.6 Å². The predicted molar refractivity (Wildman–Crippen MR) is 63.5 cm³/mol. The fraction of sp³-hybridized carbons (Fsp3) is 1.00. The van der Waals surface area contributed by atoms with Gasteiger partial charge in [-0.2, -0.15) is 0 Å². The van der Waals surface area contributed by atoms with E-state index in [9.17, 15) is 0 Å². The fourth-order valence-electron chi connectivity index (χ4n) is 2.73. The number of nitrogens with zero attached hydrogens (tertiary/aromatic N) is 1. The number of rotatable bonds is 1. The van der Waals surface area contributed by atoms with E-state index < -0.39 is 0 Å². The maximum absolute atomic E-state index is 2.68. The summed E-state index contributed by atoms with van der Waals surface area (Å²) in [5, 5.41) is 0. The van der Waals surface area contributed by atoms with Gasteiger partial charge in [0.1, 0.15) is 0 Å². The van der Waals surface area contributed by atoms with E-state index in [1.807, 2.05) is 0 Å². The molecule has 0 bridgehead atoms. The Hall–Kier alpha value is -0.0400. The molecule has 1 fully saturated rings. The maximum Gasteiger partial charge on any atom is 0.00977 e. The molecule has 3 atom stereocenters. The average molecular weight is 197 g/mol. The highest BCUT2D eigenvalue weighted by Gasteiger charge is 2.27. The van der Waals surface area contributed by atoms with E-state index in [1.54, 1.807) is 0 Å². The second kappa shape index (κ2) is 5.16. The lowest BCUT2D eigenvalue weighted by Crippen LogP contribution is -2.45. The van der Waals surface area contributed by atoms with Crippen molar-refractivity contribution in [3.05, 3.63) is 0 Å². The standard InChI is InChI=1S/C13H27N/c1-10(2)14-9-7-6-8-11(3)12(4)13(14)5/h10-13H,6-9H2,1-5H3.